The number of ether oxygens (including phenoxy) is 1. The highest BCUT2D eigenvalue weighted by Gasteiger charge is 2.48. The van der Waals surface area contributed by atoms with Crippen LogP contribution in [0.4, 0.5) is 0 Å². The lowest BCUT2D eigenvalue weighted by molar-refractivity contribution is -0.133. The Hall–Kier alpha value is -4.10. The van der Waals surface area contributed by atoms with Crippen LogP contribution in [0.25, 0.3) is 11.3 Å². The Bertz CT molecular complexity index is 1450. The quantitative estimate of drug-likeness (QED) is 0.379. The summed E-state index contributed by atoms with van der Waals surface area (Å²) in [7, 11) is 1.59. The van der Waals surface area contributed by atoms with Crippen molar-refractivity contribution in [2.24, 2.45) is 0 Å². The lowest BCUT2D eigenvalue weighted by Gasteiger charge is -2.43. The molecule has 0 saturated carbocycles. The second-order valence-corrected chi connectivity index (χ2v) is 9.60. The molecule has 1 N–H and O–H groups in total. The molecule has 5 rings (SSSR count). The van der Waals surface area contributed by atoms with E-state index >= 15 is 0 Å². The first-order chi connectivity index (χ1) is 17.9. The molecule has 37 heavy (non-hydrogen) atoms. The summed E-state index contributed by atoms with van der Waals surface area (Å²) in [5, 5.41) is 8.25. The molecule has 1 atom stereocenters. The van der Waals surface area contributed by atoms with E-state index in [1.807, 2.05) is 72.8 Å². The molecule has 0 bridgehead atoms. The number of fused-ring (bicyclic) bond motifs is 1. The van der Waals surface area contributed by atoms with E-state index in [-0.39, 0.29) is 31.4 Å². The summed E-state index contributed by atoms with van der Waals surface area (Å²) >= 11 is 6.45. The van der Waals surface area contributed by atoms with Gasteiger partial charge in [-0.1, -0.05) is 78.3 Å². The number of nitrogens with one attached hydrogen (secondary N) is 1. The van der Waals surface area contributed by atoms with Crippen molar-refractivity contribution < 1.29 is 14.3 Å². The predicted molar refractivity (Wildman–Crippen MR) is 142 cm³/mol. The van der Waals surface area contributed by atoms with Crippen LogP contribution < -0.4 is 10.1 Å². The number of carbonyl (C=O) groups is 2. The van der Waals surface area contributed by atoms with Crippen molar-refractivity contribution in [3.05, 3.63) is 107 Å². The maximum absolute atomic E-state index is 13.9. The van der Waals surface area contributed by atoms with E-state index in [0.717, 1.165) is 16.7 Å². The Morgan fingerprint density at radius 1 is 1.03 bits per heavy atom. The fourth-order valence-electron chi connectivity index (χ4n) is 4.65. The number of hydrogen-bond donors (Lipinski definition) is 1. The molecule has 1 aliphatic heterocycles. The molecule has 0 spiro atoms. The molecule has 188 valence electrons. The van der Waals surface area contributed by atoms with E-state index in [2.05, 4.69) is 5.32 Å². The molecule has 0 radical (unpaired) electrons. The maximum Gasteiger partial charge on any atom is 0.273 e. The molecule has 1 aromatic heterocycles. The van der Waals surface area contributed by atoms with Crippen LogP contribution in [-0.4, -0.2) is 39.1 Å². The Morgan fingerprint density at radius 2 is 1.70 bits per heavy atom. The van der Waals surface area contributed by atoms with Gasteiger partial charge >= 0.3 is 0 Å². The minimum atomic E-state index is -1.22. The van der Waals surface area contributed by atoms with Gasteiger partial charge in [0.15, 0.2) is 0 Å². The Kier molecular flexibility index (Phi) is 6.72. The van der Waals surface area contributed by atoms with Crippen molar-refractivity contribution >= 4 is 23.4 Å². The molecule has 2 amide bonds. The van der Waals surface area contributed by atoms with Gasteiger partial charge in [-0.05, 0) is 30.7 Å². The molecule has 0 unspecified atom stereocenters. The highest BCUT2D eigenvalue weighted by atomic mass is 35.5. The van der Waals surface area contributed by atoms with Gasteiger partial charge in [0.25, 0.3) is 5.91 Å². The van der Waals surface area contributed by atoms with E-state index in [1.54, 1.807) is 35.7 Å². The summed E-state index contributed by atoms with van der Waals surface area (Å²) in [6.07, 6.45) is 0. The van der Waals surface area contributed by atoms with Crippen molar-refractivity contribution in [2.75, 3.05) is 7.11 Å². The monoisotopic (exact) mass is 514 g/mol. The second-order valence-electron chi connectivity index (χ2n) is 9.19. The molecule has 0 fully saturated rings. The van der Waals surface area contributed by atoms with Crippen LogP contribution in [0.2, 0.25) is 5.02 Å². The number of amides is 2. The first-order valence-corrected chi connectivity index (χ1v) is 12.4. The van der Waals surface area contributed by atoms with E-state index in [1.165, 1.54) is 0 Å². The van der Waals surface area contributed by atoms with Crippen LogP contribution in [0, 0.1) is 0 Å². The molecular formula is C29H27ClN4O3. The van der Waals surface area contributed by atoms with E-state index in [9.17, 15) is 9.59 Å². The zero-order valence-electron chi connectivity index (χ0n) is 20.6. The molecule has 4 aromatic rings. The Labute approximate surface area is 220 Å². The second kappa shape index (κ2) is 10.1. The van der Waals surface area contributed by atoms with Gasteiger partial charge in [-0.3, -0.25) is 14.3 Å². The highest BCUT2D eigenvalue weighted by molar-refractivity contribution is 6.31. The summed E-state index contributed by atoms with van der Waals surface area (Å²) < 4.78 is 7.06. The normalized spacial score (nSPS) is 16.8. The number of nitrogens with zero attached hydrogens (tertiary/aromatic N) is 3. The van der Waals surface area contributed by atoms with Crippen molar-refractivity contribution in [1.29, 1.82) is 0 Å². The summed E-state index contributed by atoms with van der Waals surface area (Å²) in [5.41, 5.74) is 2.40. The third-order valence-electron chi connectivity index (χ3n) is 6.77. The van der Waals surface area contributed by atoms with Crippen molar-refractivity contribution in [1.82, 2.24) is 20.0 Å². The average Bonchev–Trinajstić information content (AvgIpc) is 3.35. The van der Waals surface area contributed by atoms with E-state index < -0.39 is 5.54 Å². The number of aromatic nitrogens is 2. The molecular weight excluding hydrogens is 488 g/mol. The topological polar surface area (TPSA) is 76.5 Å². The van der Waals surface area contributed by atoms with E-state index in [0.29, 0.717) is 22.2 Å². The smallest absolute Gasteiger partial charge is 0.273 e. The van der Waals surface area contributed by atoms with Crippen LogP contribution in [-0.2, 0) is 24.4 Å². The number of methoxy groups -OCH3 is 1. The van der Waals surface area contributed by atoms with Crippen molar-refractivity contribution in [3.8, 4) is 17.0 Å². The van der Waals surface area contributed by atoms with Gasteiger partial charge in [0.2, 0.25) is 5.91 Å². The number of carbonyl (C=O) groups excluding carboxylic acids is 2. The van der Waals surface area contributed by atoms with Crippen molar-refractivity contribution in [2.45, 2.75) is 32.1 Å². The minimum Gasteiger partial charge on any atom is -0.496 e. The number of halogens is 1. The molecule has 2 heterocycles. The van der Waals surface area contributed by atoms with Crippen LogP contribution in [0.1, 0.15) is 28.5 Å². The molecule has 3 aromatic carbocycles. The Balaban J connectivity index is 1.50. The van der Waals surface area contributed by atoms with E-state index in [4.69, 9.17) is 21.4 Å². The number of para-hydroxylation sites is 1. The summed E-state index contributed by atoms with van der Waals surface area (Å²) in [4.78, 5) is 29.3. The van der Waals surface area contributed by atoms with Gasteiger partial charge in [-0.15, -0.1) is 0 Å². The van der Waals surface area contributed by atoms with Crippen LogP contribution in [0.5, 0.6) is 5.75 Å². The molecule has 1 aliphatic rings. The first-order valence-electron chi connectivity index (χ1n) is 12.0. The fraction of sp³-hybridized carbons (Fsp3) is 0.207. The first kappa shape index (κ1) is 24.6. The summed E-state index contributed by atoms with van der Waals surface area (Å²) in [6, 6.07) is 26.3. The number of rotatable bonds is 7. The standard InChI is InChI=1S/C29H27ClN4O3/c1-29(28(36)31-17-21-12-7-9-15-26(21)37-2)19-34-25(16-24(32-34)20-10-4-3-5-11-20)27(35)33(29)18-22-13-6-8-14-23(22)30/h3-16H,17-19H2,1-2H3,(H,31,36)/t29-/m0/s1. The lowest BCUT2D eigenvalue weighted by Crippen LogP contribution is -2.63. The van der Waals surface area contributed by atoms with Gasteiger partial charge in [-0.2, -0.15) is 5.10 Å². The Morgan fingerprint density at radius 3 is 2.43 bits per heavy atom. The van der Waals surface area contributed by atoms with Gasteiger partial charge in [-0.25, -0.2) is 0 Å². The molecule has 0 aliphatic carbocycles. The molecule has 8 heteroatoms. The SMILES string of the molecule is COc1ccccc1CNC(=O)[C@]1(C)Cn2nc(-c3ccccc3)cc2C(=O)N1Cc1ccccc1Cl. The highest BCUT2D eigenvalue weighted by Crippen LogP contribution is 2.32. The van der Waals surface area contributed by atoms with Crippen molar-refractivity contribution in [3.63, 3.8) is 0 Å². The minimum absolute atomic E-state index is 0.183. The maximum atomic E-state index is 13.9. The fourth-order valence-corrected chi connectivity index (χ4v) is 4.85. The average molecular weight is 515 g/mol. The zero-order chi connectivity index (χ0) is 26.0. The number of benzene rings is 3. The third kappa shape index (κ3) is 4.70. The van der Waals surface area contributed by atoms with Gasteiger partial charge < -0.3 is 15.0 Å². The van der Waals surface area contributed by atoms with Gasteiger partial charge in [0.05, 0.1) is 19.3 Å². The van der Waals surface area contributed by atoms with Crippen LogP contribution in [0.3, 0.4) is 0 Å². The van der Waals surface area contributed by atoms with Gasteiger partial charge in [0, 0.05) is 29.2 Å². The predicted octanol–water partition coefficient (Wildman–Crippen LogP) is 4.94. The zero-order valence-corrected chi connectivity index (χ0v) is 21.4. The third-order valence-corrected chi connectivity index (χ3v) is 7.14. The number of hydrogen-bond acceptors (Lipinski definition) is 4. The molecule has 7 nitrogen and oxygen atoms in total. The van der Waals surface area contributed by atoms with Crippen LogP contribution in [0.15, 0.2) is 84.9 Å². The summed E-state index contributed by atoms with van der Waals surface area (Å²) in [6.45, 7) is 2.41. The van der Waals surface area contributed by atoms with Gasteiger partial charge in [0.1, 0.15) is 17.0 Å². The summed E-state index contributed by atoms with van der Waals surface area (Å²) in [5.74, 6) is 0.111. The molecule has 0 saturated heterocycles. The lowest BCUT2D eigenvalue weighted by atomic mass is 9.94. The van der Waals surface area contributed by atoms with Crippen LogP contribution >= 0.6 is 11.6 Å². The largest absolute Gasteiger partial charge is 0.496 e.